The number of nitrogens with one attached hydrogen (secondary N) is 3. The van der Waals surface area contributed by atoms with Crippen LogP contribution in [0, 0.1) is 24.6 Å². The van der Waals surface area contributed by atoms with Crippen molar-refractivity contribution in [2.45, 2.75) is 71.4 Å². The minimum Gasteiger partial charge on any atom is -0.493 e. The van der Waals surface area contributed by atoms with Gasteiger partial charge in [-0.1, -0.05) is 13.8 Å². The number of hydrogen-bond acceptors (Lipinski definition) is 5. The number of fused-ring (bicyclic) bond motifs is 1. The van der Waals surface area contributed by atoms with Crippen LogP contribution in [0.15, 0.2) is 24.5 Å². The molecular weight excluding hydrogens is 473 g/mol. The maximum atomic E-state index is 14.3. The Morgan fingerprint density at radius 2 is 1.97 bits per heavy atom. The third-order valence-electron chi connectivity index (χ3n) is 7.54. The Kier molecular flexibility index (Phi) is 7.13. The van der Waals surface area contributed by atoms with Gasteiger partial charge in [0.25, 0.3) is 5.91 Å². The third-order valence-corrected chi connectivity index (χ3v) is 7.54. The van der Waals surface area contributed by atoms with Crippen molar-refractivity contribution >= 4 is 22.8 Å². The largest absolute Gasteiger partial charge is 0.493 e. The van der Waals surface area contributed by atoms with Crippen molar-refractivity contribution in [3.05, 3.63) is 41.6 Å². The van der Waals surface area contributed by atoms with Crippen molar-refractivity contribution in [1.29, 1.82) is 0 Å². The molecule has 0 radical (unpaired) electrons. The Balaban J connectivity index is 1.39. The standard InChI is InChI=1S/C28H34FN5O3/c1-4-23(35)33-19-8-9-21(15(2)11-19)34-28(36)24-16(3)32-27-25(30-14-31-26(24)27)20-12-18(29)7-10-22(20)37-13-17-5-6-17/h7,10,12,14-15,17,19,21,32H,4-6,8-9,11,13H2,1-3H3,(H,33,35)(H,34,36)/t15-,19+,21+/m1/s1. The number of ether oxygens (including phenoxy) is 1. The lowest BCUT2D eigenvalue weighted by Crippen LogP contribution is -2.48. The fraction of sp³-hybridized carbons (Fsp3) is 0.500. The molecule has 3 atom stereocenters. The summed E-state index contributed by atoms with van der Waals surface area (Å²) in [7, 11) is 0. The van der Waals surface area contributed by atoms with E-state index in [0.29, 0.717) is 58.2 Å². The minimum absolute atomic E-state index is 0.00131. The Morgan fingerprint density at radius 3 is 2.70 bits per heavy atom. The zero-order chi connectivity index (χ0) is 26.1. The van der Waals surface area contributed by atoms with Gasteiger partial charge in [-0.15, -0.1) is 0 Å². The van der Waals surface area contributed by atoms with E-state index < -0.39 is 0 Å². The molecule has 0 unspecified atom stereocenters. The zero-order valence-electron chi connectivity index (χ0n) is 21.6. The lowest BCUT2D eigenvalue weighted by atomic mass is 9.82. The number of carbonyl (C=O) groups excluding carboxylic acids is 2. The molecule has 2 saturated carbocycles. The van der Waals surface area contributed by atoms with Gasteiger partial charge in [-0.3, -0.25) is 9.59 Å². The van der Waals surface area contributed by atoms with E-state index in [1.807, 2.05) is 13.8 Å². The summed E-state index contributed by atoms with van der Waals surface area (Å²) in [5.74, 6) is 0.796. The van der Waals surface area contributed by atoms with Gasteiger partial charge in [-0.05, 0) is 69.1 Å². The van der Waals surface area contributed by atoms with Crippen molar-refractivity contribution in [1.82, 2.24) is 25.6 Å². The van der Waals surface area contributed by atoms with Gasteiger partial charge in [-0.2, -0.15) is 0 Å². The van der Waals surface area contributed by atoms with E-state index in [1.54, 1.807) is 6.07 Å². The Morgan fingerprint density at radius 1 is 1.16 bits per heavy atom. The number of carbonyl (C=O) groups is 2. The SMILES string of the molecule is CCC(=O)N[C@H]1CC[C@H](NC(=O)c2c(C)[nH]c3c(-c4cc(F)ccc4OCC4CC4)ncnc23)[C@H](C)C1. The summed E-state index contributed by atoms with van der Waals surface area (Å²) in [5.41, 5.74) is 3.23. The van der Waals surface area contributed by atoms with Crippen LogP contribution in [-0.2, 0) is 4.79 Å². The van der Waals surface area contributed by atoms with E-state index in [-0.39, 0.29) is 35.6 Å². The van der Waals surface area contributed by atoms with Gasteiger partial charge in [0.1, 0.15) is 29.1 Å². The number of hydrogen-bond donors (Lipinski definition) is 3. The maximum absolute atomic E-state index is 14.3. The van der Waals surface area contributed by atoms with Crippen molar-refractivity contribution in [3.63, 3.8) is 0 Å². The molecule has 8 nitrogen and oxygen atoms in total. The Labute approximate surface area is 215 Å². The molecule has 2 aliphatic carbocycles. The molecule has 0 bridgehead atoms. The zero-order valence-corrected chi connectivity index (χ0v) is 21.6. The molecule has 2 aromatic heterocycles. The van der Waals surface area contributed by atoms with Crippen molar-refractivity contribution < 1.29 is 18.7 Å². The number of halogens is 1. The molecule has 9 heteroatoms. The van der Waals surface area contributed by atoms with E-state index in [4.69, 9.17) is 4.74 Å². The first kappa shape index (κ1) is 25.2. The van der Waals surface area contributed by atoms with Crippen LogP contribution >= 0.6 is 0 Å². The Bertz CT molecular complexity index is 1320. The molecule has 3 aromatic rings. The molecule has 0 aliphatic heterocycles. The molecule has 2 aliphatic rings. The first-order chi connectivity index (χ1) is 17.8. The topological polar surface area (TPSA) is 109 Å². The highest BCUT2D eigenvalue weighted by Crippen LogP contribution is 2.37. The molecule has 2 fully saturated rings. The average Bonchev–Trinajstić information content (AvgIpc) is 3.64. The molecule has 37 heavy (non-hydrogen) atoms. The summed E-state index contributed by atoms with van der Waals surface area (Å²) in [5, 5.41) is 6.27. The van der Waals surface area contributed by atoms with Crippen LogP contribution in [0.5, 0.6) is 5.75 Å². The molecule has 196 valence electrons. The summed E-state index contributed by atoms with van der Waals surface area (Å²) in [4.78, 5) is 37.4. The lowest BCUT2D eigenvalue weighted by Gasteiger charge is -2.35. The van der Waals surface area contributed by atoms with E-state index in [2.05, 4.69) is 32.5 Å². The first-order valence-corrected chi connectivity index (χ1v) is 13.2. The van der Waals surface area contributed by atoms with Gasteiger partial charge in [0.05, 0.1) is 17.7 Å². The van der Waals surface area contributed by atoms with Crippen LogP contribution in [0.2, 0.25) is 0 Å². The fourth-order valence-corrected chi connectivity index (χ4v) is 5.22. The summed E-state index contributed by atoms with van der Waals surface area (Å²) >= 11 is 0. The number of benzene rings is 1. The van der Waals surface area contributed by atoms with E-state index in [1.165, 1.54) is 18.5 Å². The number of aromatic nitrogens is 3. The van der Waals surface area contributed by atoms with Gasteiger partial charge < -0.3 is 20.4 Å². The number of rotatable bonds is 8. The van der Waals surface area contributed by atoms with E-state index in [0.717, 1.165) is 32.1 Å². The van der Waals surface area contributed by atoms with E-state index in [9.17, 15) is 14.0 Å². The van der Waals surface area contributed by atoms with Crippen LogP contribution in [0.3, 0.4) is 0 Å². The summed E-state index contributed by atoms with van der Waals surface area (Å²) in [6.07, 6.45) is 6.60. The van der Waals surface area contributed by atoms with Crippen LogP contribution in [-0.4, -0.2) is 45.5 Å². The quantitative estimate of drug-likeness (QED) is 0.410. The number of amides is 2. The average molecular weight is 508 g/mol. The van der Waals surface area contributed by atoms with Gasteiger partial charge in [0, 0.05) is 29.8 Å². The summed E-state index contributed by atoms with van der Waals surface area (Å²) in [6.45, 7) is 6.37. The van der Waals surface area contributed by atoms with Gasteiger partial charge in [-0.25, -0.2) is 14.4 Å². The normalized spacial score (nSPS) is 21.6. The monoisotopic (exact) mass is 507 g/mol. The van der Waals surface area contributed by atoms with E-state index >= 15 is 0 Å². The first-order valence-electron chi connectivity index (χ1n) is 13.2. The fourth-order valence-electron chi connectivity index (χ4n) is 5.22. The van der Waals surface area contributed by atoms with Crippen LogP contribution in [0.25, 0.3) is 22.3 Å². The second kappa shape index (κ2) is 10.5. The predicted octanol–water partition coefficient (Wildman–Crippen LogP) is 4.67. The maximum Gasteiger partial charge on any atom is 0.255 e. The number of nitrogens with zero attached hydrogens (tertiary/aromatic N) is 2. The summed E-state index contributed by atoms with van der Waals surface area (Å²) in [6, 6.07) is 4.57. The Hall–Kier alpha value is -3.49. The number of aryl methyl sites for hydroxylation is 1. The van der Waals surface area contributed by atoms with Gasteiger partial charge >= 0.3 is 0 Å². The molecule has 0 saturated heterocycles. The van der Waals surface area contributed by atoms with Crippen molar-refractivity contribution in [3.8, 4) is 17.0 Å². The van der Waals surface area contributed by atoms with Gasteiger partial charge in [0.15, 0.2) is 0 Å². The lowest BCUT2D eigenvalue weighted by molar-refractivity contribution is -0.121. The molecule has 3 N–H and O–H groups in total. The van der Waals surface area contributed by atoms with Crippen LogP contribution in [0.4, 0.5) is 4.39 Å². The summed E-state index contributed by atoms with van der Waals surface area (Å²) < 4.78 is 20.3. The second-order valence-electron chi connectivity index (χ2n) is 10.5. The molecule has 0 spiro atoms. The van der Waals surface area contributed by atoms with Gasteiger partial charge in [0.2, 0.25) is 5.91 Å². The van der Waals surface area contributed by atoms with Crippen molar-refractivity contribution in [2.75, 3.05) is 6.61 Å². The second-order valence-corrected chi connectivity index (χ2v) is 10.5. The highest BCUT2D eigenvalue weighted by Gasteiger charge is 2.31. The third kappa shape index (κ3) is 5.45. The molecule has 2 amide bonds. The molecular formula is C28H34FN5O3. The minimum atomic E-state index is -0.388. The highest BCUT2D eigenvalue weighted by molar-refractivity contribution is 6.09. The highest BCUT2D eigenvalue weighted by atomic mass is 19.1. The van der Waals surface area contributed by atoms with Crippen LogP contribution < -0.4 is 15.4 Å². The number of H-pyrrole nitrogens is 1. The molecule has 2 heterocycles. The number of aromatic amines is 1. The van der Waals surface area contributed by atoms with Crippen molar-refractivity contribution in [2.24, 2.45) is 11.8 Å². The van der Waals surface area contributed by atoms with Crippen LogP contribution in [0.1, 0.15) is 68.4 Å². The molecule has 5 rings (SSSR count). The smallest absolute Gasteiger partial charge is 0.255 e. The predicted molar refractivity (Wildman–Crippen MR) is 139 cm³/mol. The molecule has 1 aromatic carbocycles.